The van der Waals surface area contributed by atoms with Crippen molar-refractivity contribution in [2.24, 2.45) is 0 Å². The van der Waals surface area contributed by atoms with E-state index in [4.69, 9.17) is 28.3 Å². The van der Waals surface area contributed by atoms with Crippen molar-refractivity contribution in [2.75, 3.05) is 6.54 Å². The first-order valence-electron chi connectivity index (χ1n) is 11.4. The van der Waals surface area contributed by atoms with Gasteiger partial charge in [0, 0.05) is 36.7 Å². The molecule has 2 amide bonds. The van der Waals surface area contributed by atoms with Crippen LogP contribution in [0.25, 0.3) is 0 Å². The third kappa shape index (κ3) is 4.18. The zero-order valence-corrected chi connectivity index (χ0v) is 20.9. The molecule has 1 aromatic heterocycles. The monoisotopic (exact) mass is 507 g/mol. The lowest BCUT2D eigenvalue weighted by Crippen LogP contribution is -2.44. The largest absolute Gasteiger partial charge is 0.331 e. The number of carbonyl (C=O) groups is 2. The van der Waals surface area contributed by atoms with E-state index in [9.17, 15) is 14.9 Å². The van der Waals surface area contributed by atoms with Crippen LogP contribution in [0.5, 0.6) is 0 Å². The topological polar surface area (TPSA) is 82.2 Å². The van der Waals surface area contributed by atoms with Gasteiger partial charge < -0.3 is 9.80 Å². The van der Waals surface area contributed by atoms with E-state index in [1.54, 1.807) is 38.7 Å². The van der Waals surface area contributed by atoms with Crippen LogP contribution in [0.3, 0.4) is 0 Å². The van der Waals surface area contributed by atoms with E-state index in [1.807, 2.05) is 26.0 Å². The molecule has 5 rings (SSSR count). The minimum atomic E-state index is -0.158. The molecule has 0 N–H and O–H groups in total. The molecule has 7 nitrogen and oxygen atoms in total. The normalized spacial score (nSPS) is 17.1. The average Bonchev–Trinajstić information content (AvgIpc) is 3.19. The summed E-state index contributed by atoms with van der Waals surface area (Å²) in [4.78, 5) is 30.4. The number of amides is 2. The first-order valence-corrected chi connectivity index (χ1v) is 12.2. The van der Waals surface area contributed by atoms with Gasteiger partial charge in [-0.05, 0) is 49.2 Å². The summed E-state index contributed by atoms with van der Waals surface area (Å²) >= 11 is 12.2. The van der Waals surface area contributed by atoms with Gasteiger partial charge in [0.2, 0.25) is 0 Å². The van der Waals surface area contributed by atoms with Gasteiger partial charge in [0.05, 0.1) is 40.5 Å². The fourth-order valence-corrected chi connectivity index (χ4v) is 5.15. The van der Waals surface area contributed by atoms with Crippen LogP contribution in [0.4, 0.5) is 0 Å². The highest BCUT2D eigenvalue weighted by atomic mass is 35.5. The Morgan fingerprint density at radius 2 is 1.97 bits per heavy atom. The van der Waals surface area contributed by atoms with E-state index >= 15 is 0 Å². The molecule has 0 saturated carbocycles. The third-order valence-corrected chi connectivity index (χ3v) is 7.51. The molecule has 9 heteroatoms. The first-order chi connectivity index (χ1) is 16.8. The van der Waals surface area contributed by atoms with Gasteiger partial charge in [0.25, 0.3) is 11.8 Å². The summed E-state index contributed by atoms with van der Waals surface area (Å²) < 4.78 is 1.79. The second-order valence-corrected chi connectivity index (χ2v) is 9.91. The van der Waals surface area contributed by atoms with Crippen molar-refractivity contribution in [1.29, 1.82) is 5.26 Å². The third-order valence-electron chi connectivity index (χ3n) is 6.77. The summed E-state index contributed by atoms with van der Waals surface area (Å²) in [7, 11) is 0. The number of fused-ring (bicyclic) bond motifs is 3. The molecular formula is C26H23Cl2N5O2. The molecule has 178 valence electrons. The highest BCUT2D eigenvalue weighted by Crippen LogP contribution is 2.31. The zero-order valence-electron chi connectivity index (χ0n) is 19.4. The van der Waals surface area contributed by atoms with Crippen LogP contribution in [0, 0.1) is 18.3 Å². The predicted molar refractivity (Wildman–Crippen MR) is 132 cm³/mol. The molecule has 0 bridgehead atoms. The summed E-state index contributed by atoms with van der Waals surface area (Å²) in [6.07, 6.45) is 0.574. The van der Waals surface area contributed by atoms with Gasteiger partial charge in [-0.15, -0.1) is 0 Å². The Hall–Kier alpha value is -3.34. The minimum absolute atomic E-state index is 0.0748. The molecule has 0 aliphatic carbocycles. The molecule has 3 heterocycles. The zero-order chi connectivity index (χ0) is 24.9. The van der Waals surface area contributed by atoms with Crippen molar-refractivity contribution in [2.45, 2.75) is 45.9 Å². The van der Waals surface area contributed by atoms with E-state index in [0.717, 1.165) is 22.4 Å². The van der Waals surface area contributed by atoms with Gasteiger partial charge in [-0.2, -0.15) is 10.4 Å². The first kappa shape index (κ1) is 23.4. The van der Waals surface area contributed by atoms with Crippen molar-refractivity contribution < 1.29 is 9.59 Å². The number of nitriles is 1. The smallest absolute Gasteiger partial charge is 0.272 e. The van der Waals surface area contributed by atoms with E-state index in [2.05, 4.69) is 6.07 Å². The maximum absolute atomic E-state index is 13.5. The summed E-state index contributed by atoms with van der Waals surface area (Å²) in [6.45, 7) is 5.78. The van der Waals surface area contributed by atoms with Crippen LogP contribution < -0.4 is 0 Å². The number of hydrogen-bond donors (Lipinski definition) is 0. The summed E-state index contributed by atoms with van der Waals surface area (Å²) in [6, 6.07) is 12.6. The van der Waals surface area contributed by atoms with Crippen LogP contribution in [-0.2, 0) is 26.1 Å². The number of aryl methyl sites for hydroxylation is 1. The fraction of sp³-hybridized carbons (Fsp3) is 0.308. The Kier molecular flexibility index (Phi) is 6.04. The van der Waals surface area contributed by atoms with Crippen LogP contribution in [-0.4, -0.2) is 44.0 Å². The van der Waals surface area contributed by atoms with Crippen molar-refractivity contribution in [3.63, 3.8) is 0 Å². The molecule has 0 unspecified atom stereocenters. The molecule has 0 saturated heterocycles. The molecule has 0 fully saturated rings. The van der Waals surface area contributed by atoms with E-state index in [1.165, 1.54) is 0 Å². The Bertz CT molecular complexity index is 1410. The van der Waals surface area contributed by atoms with Gasteiger partial charge in [-0.3, -0.25) is 14.3 Å². The van der Waals surface area contributed by atoms with Gasteiger partial charge in [0.1, 0.15) is 5.69 Å². The van der Waals surface area contributed by atoms with Gasteiger partial charge in [-0.25, -0.2) is 0 Å². The quantitative estimate of drug-likeness (QED) is 0.518. The molecule has 2 aliphatic rings. The summed E-state index contributed by atoms with van der Waals surface area (Å²) in [5, 5.41) is 14.6. The molecule has 0 radical (unpaired) electrons. The van der Waals surface area contributed by atoms with Crippen LogP contribution >= 0.6 is 23.2 Å². The van der Waals surface area contributed by atoms with Crippen LogP contribution in [0.15, 0.2) is 36.4 Å². The number of aromatic nitrogens is 2. The summed E-state index contributed by atoms with van der Waals surface area (Å²) in [5.74, 6) is -0.252. The molecule has 1 atom stereocenters. The molecule has 35 heavy (non-hydrogen) atoms. The Morgan fingerprint density at radius 1 is 1.17 bits per heavy atom. The number of nitrogens with zero attached hydrogens (tertiary/aromatic N) is 5. The number of carbonyl (C=O) groups excluding carboxylic acids is 2. The standard InChI is InChI=1S/C26H23Cl2N5O2/c1-15-9-17(3-4-19(15)12-29)13-31-7-8-33-24(26(31)35)20-14-32(16(2)10-23(20)30-33)25(34)18-5-6-21(27)22(28)11-18/h3-6,9,11,16H,7-8,10,13-14H2,1-2H3/t16-/m1/s1. The van der Waals surface area contributed by atoms with Gasteiger partial charge in [0.15, 0.2) is 0 Å². The highest BCUT2D eigenvalue weighted by molar-refractivity contribution is 6.42. The van der Waals surface area contributed by atoms with Crippen molar-refractivity contribution >= 4 is 35.0 Å². The second kappa shape index (κ2) is 9.03. The molecule has 2 aromatic carbocycles. The number of halogens is 2. The molecule has 2 aliphatic heterocycles. The number of rotatable bonds is 3. The fourth-order valence-electron chi connectivity index (χ4n) is 4.85. The Balaban J connectivity index is 1.41. The second-order valence-electron chi connectivity index (χ2n) is 9.10. The number of hydrogen-bond acceptors (Lipinski definition) is 4. The van der Waals surface area contributed by atoms with E-state index < -0.39 is 0 Å². The van der Waals surface area contributed by atoms with Crippen molar-refractivity contribution in [3.05, 3.63) is 85.6 Å². The number of benzene rings is 2. The Labute approximate surface area is 213 Å². The van der Waals surface area contributed by atoms with Crippen molar-refractivity contribution in [3.8, 4) is 6.07 Å². The molecule has 0 spiro atoms. The maximum atomic E-state index is 13.5. The lowest BCUT2D eigenvalue weighted by atomic mass is 9.97. The van der Waals surface area contributed by atoms with E-state index in [0.29, 0.717) is 59.5 Å². The molecular weight excluding hydrogens is 485 g/mol. The van der Waals surface area contributed by atoms with Crippen LogP contribution in [0.2, 0.25) is 10.0 Å². The van der Waals surface area contributed by atoms with Gasteiger partial charge >= 0.3 is 0 Å². The SMILES string of the molecule is Cc1cc(CN2CCn3nc4c(c3C2=O)CN(C(=O)c2ccc(Cl)c(Cl)c2)[C@H](C)C4)ccc1C#N. The highest BCUT2D eigenvalue weighted by Gasteiger charge is 2.37. The van der Waals surface area contributed by atoms with Crippen LogP contribution in [0.1, 0.15) is 55.7 Å². The van der Waals surface area contributed by atoms with E-state index in [-0.39, 0.29) is 17.9 Å². The average molecular weight is 508 g/mol. The lowest BCUT2D eigenvalue weighted by Gasteiger charge is -2.34. The van der Waals surface area contributed by atoms with Crippen molar-refractivity contribution in [1.82, 2.24) is 19.6 Å². The summed E-state index contributed by atoms with van der Waals surface area (Å²) in [5.41, 5.74) is 5.18. The lowest BCUT2D eigenvalue weighted by molar-refractivity contribution is 0.0637. The minimum Gasteiger partial charge on any atom is -0.331 e. The predicted octanol–water partition coefficient (Wildman–Crippen LogP) is 4.61. The van der Waals surface area contributed by atoms with Gasteiger partial charge in [-0.1, -0.05) is 35.3 Å². The maximum Gasteiger partial charge on any atom is 0.272 e. The molecule has 3 aromatic rings. The Morgan fingerprint density at radius 3 is 2.69 bits per heavy atom.